The van der Waals surface area contributed by atoms with Crippen LogP contribution in [0.5, 0.6) is 0 Å². The molecule has 1 aromatic heterocycles. The summed E-state index contributed by atoms with van der Waals surface area (Å²) in [5.41, 5.74) is 2.99. The first-order chi connectivity index (χ1) is 11.7. The van der Waals surface area contributed by atoms with Gasteiger partial charge in [0.2, 0.25) is 5.95 Å². The van der Waals surface area contributed by atoms with E-state index in [1.807, 2.05) is 36.4 Å². The van der Waals surface area contributed by atoms with Crippen molar-refractivity contribution in [2.75, 3.05) is 18.0 Å². The summed E-state index contributed by atoms with van der Waals surface area (Å²) >= 11 is 6.20. The van der Waals surface area contributed by atoms with E-state index in [9.17, 15) is 0 Å². The maximum Gasteiger partial charge on any atom is 0.226 e. The minimum atomic E-state index is 0.678. The fourth-order valence-corrected chi connectivity index (χ4v) is 3.59. The molecule has 4 heteroatoms. The first-order valence-electron chi connectivity index (χ1n) is 8.48. The lowest BCUT2D eigenvalue weighted by Crippen LogP contribution is -2.35. The number of hydrogen-bond acceptors (Lipinski definition) is 3. The first-order valence-corrected chi connectivity index (χ1v) is 8.86. The summed E-state index contributed by atoms with van der Waals surface area (Å²) in [7, 11) is 0. The van der Waals surface area contributed by atoms with E-state index in [0.29, 0.717) is 10.9 Å². The zero-order valence-electron chi connectivity index (χ0n) is 13.7. The molecule has 3 nitrogen and oxygen atoms in total. The monoisotopic (exact) mass is 337 g/mol. The van der Waals surface area contributed by atoms with Gasteiger partial charge < -0.3 is 4.90 Å². The van der Waals surface area contributed by atoms with Gasteiger partial charge in [-0.1, -0.05) is 48.9 Å². The van der Waals surface area contributed by atoms with Gasteiger partial charge in [-0.25, -0.2) is 9.97 Å². The smallest absolute Gasteiger partial charge is 0.226 e. The van der Waals surface area contributed by atoms with E-state index in [1.54, 1.807) is 0 Å². The Bertz CT molecular complexity index is 863. The van der Waals surface area contributed by atoms with E-state index < -0.39 is 0 Å². The second-order valence-electron chi connectivity index (χ2n) is 6.59. The van der Waals surface area contributed by atoms with E-state index in [1.165, 1.54) is 12.8 Å². The standard InChI is InChI=1S/C20H20ClN3/c1-14-6-5-11-24(13-14)20-22-18-12-16(21)9-10-17(18)19(23-20)15-7-3-2-4-8-15/h2-4,7-10,12,14H,5-6,11,13H2,1H3/t14-/m1/s1. The van der Waals surface area contributed by atoms with Crippen LogP contribution in [0.15, 0.2) is 48.5 Å². The van der Waals surface area contributed by atoms with Gasteiger partial charge in [0.25, 0.3) is 0 Å². The Morgan fingerprint density at radius 2 is 1.92 bits per heavy atom. The van der Waals surface area contributed by atoms with Gasteiger partial charge in [0.1, 0.15) is 0 Å². The highest BCUT2D eigenvalue weighted by molar-refractivity contribution is 6.31. The molecule has 3 aromatic rings. The molecular formula is C20H20ClN3. The molecular weight excluding hydrogens is 318 g/mol. The molecule has 0 radical (unpaired) electrons. The van der Waals surface area contributed by atoms with Gasteiger partial charge in [-0.2, -0.15) is 0 Å². The number of rotatable bonds is 2. The number of aromatic nitrogens is 2. The Kier molecular flexibility index (Phi) is 4.11. The lowest BCUT2D eigenvalue weighted by atomic mass is 10.0. The molecule has 0 N–H and O–H groups in total. The summed E-state index contributed by atoms with van der Waals surface area (Å²) in [6.07, 6.45) is 2.47. The van der Waals surface area contributed by atoms with E-state index in [4.69, 9.17) is 21.6 Å². The molecule has 0 bridgehead atoms. The van der Waals surface area contributed by atoms with Crippen LogP contribution in [0.1, 0.15) is 19.8 Å². The quantitative estimate of drug-likeness (QED) is 0.644. The SMILES string of the molecule is C[C@@H]1CCCN(c2nc(-c3ccccc3)c3ccc(Cl)cc3n2)C1. The molecule has 0 spiro atoms. The molecule has 1 saturated heterocycles. The Hall–Kier alpha value is -2.13. The highest BCUT2D eigenvalue weighted by Gasteiger charge is 2.20. The maximum absolute atomic E-state index is 6.20. The molecule has 1 aliphatic heterocycles. The highest BCUT2D eigenvalue weighted by atomic mass is 35.5. The molecule has 2 heterocycles. The normalized spacial score (nSPS) is 18.1. The summed E-state index contributed by atoms with van der Waals surface area (Å²) < 4.78 is 0. The van der Waals surface area contributed by atoms with Crippen molar-refractivity contribution in [3.63, 3.8) is 0 Å². The zero-order chi connectivity index (χ0) is 16.5. The van der Waals surface area contributed by atoms with Gasteiger partial charge in [-0.3, -0.25) is 0 Å². The number of benzene rings is 2. The molecule has 122 valence electrons. The third-order valence-corrected chi connectivity index (χ3v) is 4.87. The molecule has 1 fully saturated rings. The first kappa shape index (κ1) is 15.4. The lowest BCUT2D eigenvalue weighted by Gasteiger charge is -2.31. The van der Waals surface area contributed by atoms with E-state index >= 15 is 0 Å². The van der Waals surface area contributed by atoms with Crippen LogP contribution >= 0.6 is 11.6 Å². The van der Waals surface area contributed by atoms with Crippen LogP contribution < -0.4 is 4.90 Å². The molecule has 1 aliphatic rings. The summed E-state index contributed by atoms with van der Waals surface area (Å²) in [4.78, 5) is 12.0. The van der Waals surface area contributed by atoms with Gasteiger partial charge >= 0.3 is 0 Å². The average molecular weight is 338 g/mol. The van der Waals surface area contributed by atoms with Crippen LogP contribution in [-0.2, 0) is 0 Å². The van der Waals surface area contributed by atoms with Crippen molar-refractivity contribution in [2.45, 2.75) is 19.8 Å². The van der Waals surface area contributed by atoms with E-state index in [2.05, 4.69) is 24.0 Å². The number of nitrogens with zero attached hydrogens (tertiary/aromatic N) is 3. The topological polar surface area (TPSA) is 29.0 Å². The van der Waals surface area contributed by atoms with E-state index in [0.717, 1.165) is 41.2 Å². The van der Waals surface area contributed by atoms with Crippen LogP contribution in [0.4, 0.5) is 5.95 Å². The molecule has 0 unspecified atom stereocenters. The fraction of sp³-hybridized carbons (Fsp3) is 0.300. The van der Waals surface area contributed by atoms with Crippen molar-refractivity contribution >= 4 is 28.5 Å². The van der Waals surface area contributed by atoms with Gasteiger partial charge in [-0.15, -0.1) is 0 Å². The third kappa shape index (κ3) is 2.96. The molecule has 0 aliphatic carbocycles. The Labute approximate surface area is 147 Å². The summed E-state index contributed by atoms with van der Waals surface area (Å²) in [5, 5.41) is 1.75. The van der Waals surface area contributed by atoms with Crippen LogP contribution in [0.2, 0.25) is 5.02 Å². The van der Waals surface area contributed by atoms with Crippen LogP contribution in [-0.4, -0.2) is 23.1 Å². The molecule has 2 aromatic carbocycles. The Morgan fingerprint density at radius 1 is 1.08 bits per heavy atom. The van der Waals surface area contributed by atoms with Gasteiger partial charge in [0, 0.05) is 29.1 Å². The second kappa shape index (κ2) is 6.40. The number of hydrogen-bond donors (Lipinski definition) is 0. The predicted octanol–water partition coefficient (Wildman–Crippen LogP) is 5.19. The Morgan fingerprint density at radius 3 is 2.71 bits per heavy atom. The minimum absolute atomic E-state index is 0.678. The second-order valence-corrected chi connectivity index (χ2v) is 7.03. The van der Waals surface area contributed by atoms with Crippen molar-refractivity contribution in [2.24, 2.45) is 5.92 Å². The van der Waals surface area contributed by atoms with Gasteiger partial charge in [0.05, 0.1) is 11.2 Å². The number of piperidine rings is 1. The molecule has 1 atom stereocenters. The zero-order valence-corrected chi connectivity index (χ0v) is 14.5. The Balaban J connectivity index is 1.89. The molecule has 0 saturated carbocycles. The number of halogens is 1. The summed E-state index contributed by atoms with van der Waals surface area (Å²) in [6.45, 7) is 4.33. The highest BCUT2D eigenvalue weighted by Crippen LogP contribution is 2.31. The number of anilines is 1. The van der Waals surface area contributed by atoms with Crippen molar-refractivity contribution in [1.29, 1.82) is 0 Å². The van der Waals surface area contributed by atoms with Gasteiger partial charge in [-0.05, 0) is 37.0 Å². The fourth-order valence-electron chi connectivity index (χ4n) is 3.42. The van der Waals surface area contributed by atoms with Crippen LogP contribution in [0.25, 0.3) is 22.2 Å². The summed E-state index contributed by atoms with van der Waals surface area (Å²) in [5.74, 6) is 1.49. The van der Waals surface area contributed by atoms with Crippen LogP contribution in [0, 0.1) is 5.92 Å². The third-order valence-electron chi connectivity index (χ3n) is 4.63. The van der Waals surface area contributed by atoms with Crippen molar-refractivity contribution in [3.8, 4) is 11.3 Å². The molecule has 0 amide bonds. The van der Waals surface area contributed by atoms with Crippen LogP contribution in [0.3, 0.4) is 0 Å². The van der Waals surface area contributed by atoms with Crippen molar-refractivity contribution in [1.82, 2.24) is 9.97 Å². The number of fused-ring (bicyclic) bond motifs is 1. The minimum Gasteiger partial charge on any atom is -0.341 e. The van der Waals surface area contributed by atoms with E-state index in [-0.39, 0.29) is 0 Å². The predicted molar refractivity (Wildman–Crippen MR) is 101 cm³/mol. The molecule has 24 heavy (non-hydrogen) atoms. The lowest BCUT2D eigenvalue weighted by molar-refractivity contribution is 0.442. The molecule has 4 rings (SSSR count). The van der Waals surface area contributed by atoms with Crippen molar-refractivity contribution < 1.29 is 0 Å². The van der Waals surface area contributed by atoms with Gasteiger partial charge in [0.15, 0.2) is 0 Å². The largest absolute Gasteiger partial charge is 0.341 e. The maximum atomic E-state index is 6.20. The van der Waals surface area contributed by atoms with Crippen molar-refractivity contribution in [3.05, 3.63) is 53.6 Å². The summed E-state index contributed by atoms with van der Waals surface area (Å²) in [6, 6.07) is 16.2. The average Bonchev–Trinajstić information content (AvgIpc) is 2.61.